The summed E-state index contributed by atoms with van der Waals surface area (Å²) in [5.74, 6) is -1.34. The second-order valence-electron chi connectivity index (χ2n) is 5.61. The van der Waals surface area contributed by atoms with E-state index in [0.29, 0.717) is 11.3 Å². The highest BCUT2D eigenvalue weighted by Gasteiger charge is 2.27. The van der Waals surface area contributed by atoms with E-state index in [1.165, 1.54) is 18.9 Å². The lowest BCUT2D eigenvalue weighted by Crippen LogP contribution is -2.55. The van der Waals surface area contributed by atoms with Crippen molar-refractivity contribution < 1.29 is 23.9 Å². The predicted molar refractivity (Wildman–Crippen MR) is 96.2 cm³/mol. The first-order valence-electron chi connectivity index (χ1n) is 7.81. The monoisotopic (exact) mass is 380 g/mol. The Bertz CT molecular complexity index is 692. The number of ether oxygens (including phenoxy) is 1. The van der Waals surface area contributed by atoms with E-state index in [1.54, 1.807) is 24.3 Å². The van der Waals surface area contributed by atoms with Gasteiger partial charge in [0.25, 0.3) is 0 Å². The van der Waals surface area contributed by atoms with E-state index in [4.69, 9.17) is 5.73 Å². The van der Waals surface area contributed by atoms with Gasteiger partial charge in [0.1, 0.15) is 5.50 Å². The lowest BCUT2D eigenvalue weighted by molar-refractivity contribution is -0.124. The summed E-state index contributed by atoms with van der Waals surface area (Å²) in [7, 11) is 1.29. The maximum atomic E-state index is 12.0. The molecule has 2 atom stereocenters. The van der Waals surface area contributed by atoms with Crippen LogP contribution in [-0.2, 0) is 19.1 Å². The largest absolute Gasteiger partial charge is 0.465 e. The minimum atomic E-state index is -0.492. The van der Waals surface area contributed by atoms with Crippen LogP contribution in [0.4, 0.5) is 5.69 Å². The normalized spacial score (nSPS) is 19.3. The van der Waals surface area contributed by atoms with Crippen LogP contribution in [0.3, 0.4) is 0 Å². The molecule has 9 nitrogen and oxygen atoms in total. The zero-order valence-corrected chi connectivity index (χ0v) is 14.9. The van der Waals surface area contributed by atoms with Crippen molar-refractivity contribution in [3.8, 4) is 0 Å². The number of carbonyl (C=O) groups excluding carboxylic acids is 4. The van der Waals surface area contributed by atoms with Crippen molar-refractivity contribution in [3.05, 3.63) is 29.8 Å². The van der Waals surface area contributed by atoms with Crippen LogP contribution >= 0.6 is 11.8 Å². The van der Waals surface area contributed by atoms with Gasteiger partial charge in [-0.1, -0.05) is 0 Å². The number of nitrogens with two attached hydrogens (primary N) is 1. The fourth-order valence-electron chi connectivity index (χ4n) is 2.37. The number of thioether (sulfide) groups is 1. The van der Waals surface area contributed by atoms with Gasteiger partial charge in [0, 0.05) is 24.6 Å². The lowest BCUT2D eigenvalue weighted by atomic mass is 10.1. The number of primary amides is 1. The molecule has 2 rings (SSSR count). The molecule has 1 heterocycles. The molecule has 0 saturated carbocycles. The van der Waals surface area contributed by atoms with Crippen LogP contribution < -0.4 is 21.7 Å². The highest BCUT2D eigenvalue weighted by molar-refractivity contribution is 8.00. The molecule has 5 N–H and O–H groups in total. The Hall–Kier alpha value is -2.59. The first kappa shape index (κ1) is 19.7. The number of methoxy groups -OCH3 is 1. The number of hydrogen-bond acceptors (Lipinski definition) is 7. The lowest BCUT2D eigenvalue weighted by Gasteiger charge is -2.30. The topological polar surface area (TPSA) is 140 Å². The average Bonchev–Trinajstić information content (AvgIpc) is 2.59. The Morgan fingerprint density at radius 2 is 2.00 bits per heavy atom. The van der Waals surface area contributed by atoms with Crippen LogP contribution in [0.1, 0.15) is 23.2 Å². The van der Waals surface area contributed by atoms with Crippen molar-refractivity contribution in [1.82, 2.24) is 10.6 Å². The molecule has 1 fully saturated rings. The molecule has 0 spiro atoms. The van der Waals surface area contributed by atoms with Crippen molar-refractivity contribution in [2.75, 3.05) is 18.2 Å². The smallest absolute Gasteiger partial charge is 0.337 e. The SMILES string of the molecule is COC(=O)c1ccc(NC(=O)CSC2NC(=O)CC(CC(N)=O)N2)cc1. The number of hydrogen-bond donors (Lipinski definition) is 4. The molecule has 1 saturated heterocycles. The standard InChI is InChI=1S/C16H20N4O5S/c1-25-15(24)9-2-4-10(5-3-9)18-14(23)8-26-16-19-11(6-12(17)21)7-13(22)20-16/h2-5,11,16,19H,6-8H2,1H3,(H2,17,21)(H,18,23)(H,20,22). The summed E-state index contributed by atoms with van der Waals surface area (Å²) in [4.78, 5) is 46.0. The van der Waals surface area contributed by atoms with Crippen molar-refractivity contribution in [1.29, 1.82) is 0 Å². The maximum absolute atomic E-state index is 12.0. The van der Waals surface area contributed by atoms with Crippen molar-refractivity contribution in [2.24, 2.45) is 5.73 Å². The Balaban J connectivity index is 1.81. The molecule has 140 valence electrons. The maximum Gasteiger partial charge on any atom is 0.337 e. The van der Waals surface area contributed by atoms with E-state index in [1.807, 2.05) is 0 Å². The molecule has 26 heavy (non-hydrogen) atoms. The summed E-state index contributed by atoms with van der Waals surface area (Å²) in [5, 5.41) is 8.45. The molecule has 1 aromatic carbocycles. The average molecular weight is 380 g/mol. The van der Waals surface area contributed by atoms with Crippen molar-refractivity contribution in [3.63, 3.8) is 0 Å². The van der Waals surface area contributed by atoms with E-state index in [2.05, 4.69) is 20.7 Å². The summed E-state index contributed by atoms with van der Waals surface area (Å²) in [6, 6.07) is 5.95. The molecule has 0 aliphatic carbocycles. The van der Waals surface area contributed by atoms with Gasteiger partial charge < -0.3 is 21.1 Å². The third-order valence-electron chi connectivity index (χ3n) is 3.53. The van der Waals surface area contributed by atoms with Gasteiger partial charge in [0.2, 0.25) is 17.7 Å². The number of rotatable bonds is 7. The fourth-order valence-corrected chi connectivity index (χ4v) is 3.26. The highest BCUT2D eigenvalue weighted by atomic mass is 32.2. The second kappa shape index (κ2) is 9.20. The first-order valence-corrected chi connectivity index (χ1v) is 8.86. The summed E-state index contributed by atoms with van der Waals surface area (Å²) in [6.07, 6.45) is 0.224. The quantitative estimate of drug-likeness (QED) is 0.480. The number of carbonyl (C=O) groups is 4. The molecule has 1 aromatic rings. The Kier molecular flexibility index (Phi) is 6.98. The van der Waals surface area contributed by atoms with Gasteiger partial charge in [-0.25, -0.2) is 4.79 Å². The minimum Gasteiger partial charge on any atom is -0.465 e. The summed E-state index contributed by atoms with van der Waals surface area (Å²) in [5.41, 5.74) is 5.59. The minimum absolute atomic E-state index is 0.0587. The third-order valence-corrected chi connectivity index (χ3v) is 4.55. The third kappa shape index (κ3) is 6.05. The first-order chi connectivity index (χ1) is 12.4. The highest BCUT2D eigenvalue weighted by Crippen LogP contribution is 2.15. The molecule has 2 unspecified atom stereocenters. The number of esters is 1. The van der Waals surface area contributed by atoms with Crippen LogP contribution in [0.15, 0.2) is 24.3 Å². The molecule has 3 amide bonds. The van der Waals surface area contributed by atoms with Gasteiger partial charge >= 0.3 is 5.97 Å². The van der Waals surface area contributed by atoms with Gasteiger partial charge in [-0.2, -0.15) is 0 Å². The van der Waals surface area contributed by atoms with Gasteiger partial charge in [-0.15, -0.1) is 11.8 Å². The molecule has 10 heteroatoms. The Labute approximate surface area is 154 Å². The number of nitrogens with one attached hydrogen (secondary N) is 3. The van der Waals surface area contributed by atoms with Crippen LogP contribution in [0.5, 0.6) is 0 Å². The van der Waals surface area contributed by atoms with Crippen LogP contribution in [-0.4, -0.2) is 48.1 Å². The number of benzene rings is 1. The molecule has 1 aliphatic heterocycles. The molecular weight excluding hydrogens is 360 g/mol. The van der Waals surface area contributed by atoms with Gasteiger partial charge in [-0.3, -0.25) is 19.7 Å². The molecule has 0 radical (unpaired) electrons. The number of amides is 3. The van der Waals surface area contributed by atoms with Crippen molar-refractivity contribution >= 4 is 41.1 Å². The van der Waals surface area contributed by atoms with Crippen LogP contribution in [0.2, 0.25) is 0 Å². The fraction of sp³-hybridized carbons (Fsp3) is 0.375. The molecule has 1 aliphatic rings. The summed E-state index contributed by atoms with van der Waals surface area (Å²) < 4.78 is 4.60. The van der Waals surface area contributed by atoms with E-state index in [-0.39, 0.29) is 36.5 Å². The number of anilines is 1. The second-order valence-corrected chi connectivity index (χ2v) is 6.71. The van der Waals surface area contributed by atoms with E-state index in [0.717, 1.165) is 0 Å². The van der Waals surface area contributed by atoms with Crippen molar-refractivity contribution in [2.45, 2.75) is 24.4 Å². The van der Waals surface area contributed by atoms with E-state index < -0.39 is 17.4 Å². The summed E-state index contributed by atoms with van der Waals surface area (Å²) >= 11 is 1.19. The van der Waals surface area contributed by atoms with Gasteiger partial charge in [0.05, 0.1) is 18.4 Å². The summed E-state index contributed by atoms with van der Waals surface area (Å²) in [6.45, 7) is 0. The van der Waals surface area contributed by atoms with Gasteiger partial charge in [0.15, 0.2) is 0 Å². The van der Waals surface area contributed by atoms with E-state index in [9.17, 15) is 19.2 Å². The molecule has 0 aromatic heterocycles. The Morgan fingerprint density at radius 1 is 1.31 bits per heavy atom. The van der Waals surface area contributed by atoms with Crippen LogP contribution in [0.25, 0.3) is 0 Å². The molecular formula is C16H20N4O5S. The molecule has 0 bridgehead atoms. The van der Waals surface area contributed by atoms with E-state index >= 15 is 0 Å². The van der Waals surface area contributed by atoms with Gasteiger partial charge in [-0.05, 0) is 24.3 Å². The zero-order chi connectivity index (χ0) is 19.1. The predicted octanol–water partition coefficient (Wildman–Crippen LogP) is -0.218. The Morgan fingerprint density at radius 3 is 2.62 bits per heavy atom. The van der Waals surface area contributed by atoms with Crippen LogP contribution in [0, 0.1) is 0 Å². The zero-order valence-electron chi connectivity index (χ0n) is 14.1.